The molecule has 0 N–H and O–H groups in total. The van der Waals surface area contributed by atoms with Gasteiger partial charge in [0, 0.05) is 11.1 Å². The Bertz CT molecular complexity index is 454. The number of nitrogens with zero attached hydrogens (tertiary/aromatic N) is 2. The standard InChI is InChI=1S/C9H6N2O2S/c12-11(13)8-6-10-4-3-7(8)9-2-1-5-14-9/h1-6H. The van der Waals surface area contributed by atoms with Gasteiger partial charge in [0.25, 0.3) is 5.69 Å². The monoisotopic (exact) mass is 206 g/mol. The highest BCUT2D eigenvalue weighted by Crippen LogP contribution is 2.31. The van der Waals surface area contributed by atoms with E-state index in [1.54, 1.807) is 12.3 Å². The molecule has 0 saturated heterocycles. The Morgan fingerprint density at radius 3 is 2.93 bits per heavy atom. The molecule has 0 radical (unpaired) electrons. The van der Waals surface area contributed by atoms with Crippen molar-refractivity contribution in [1.82, 2.24) is 4.98 Å². The van der Waals surface area contributed by atoms with E-state index in [0.29, 0.717) is 5.56 Å². The Labute approximate surface area is 84.0 Å². The number of hydrogen-bond donors (Lipinski definition) is 0. The maximum Gasteiger partial charge on any atom is 0.296 e. The second-order valence-corrected chi connectivity index (χ2v) is 3.57. The van der Waals surface area contributed by atoms with E-state index in [1.165, 1.54) is 17.5 Å². The molecule has 70 valence electrons. The fraction of sp³-hybridized carbons (Fsp3) is 0. The molecule has 0 aliphatic carbocycles. The van der Waals surface area contributed by atoms with Gasteiger partial charge >= 0.3 is 0 Å². The van der Waals surface area contributed by atoms with Crippen LogP contribution < -0.4 is 0 Å². The lowest BCUT2D eigenvalue weighted by atomic mass is 10.2. The van der Waals surface area contributed by atoms with E-state index in [1.807, 2.05) is 17.5 Å². The molecule has 0 fully saturated rings. The van der Waals surface area contributed by atoms with Crippen molar-refractivity contribution >= 4 is 17.0 Å². The first kappa shape index (κ1) is 8.83. The highest BCUT2D eigenvalue weighted by molar-refractivity contribution is 7.13. The van der Waals surface area contributed by atoms with Crippen molar-refractivity contribution in [1.29, 1.82) is 0 Å². The van der Waals surface area contributed by atoms with Gasteiger partial charge in [-0.15, -0.1) is 11.3 Å². The molecule has 0 unspecified atom stereocenters. The molecular formula is C9H6N2O2S. The molecule has 0 aliphatic heterocycles. The average Bonchev–Trinajstić information content (AvgIpc) is 2.70. The SMILES string of the molecule is O=[N+]([O-])c1cnccc1-c1cccs1. The molecule has 2 aromatic heterocycles. The molecule has 0 spiro atoms. The third-order valence-electron chi connectivity index (χ3n) is 1.78. The molecule has 14 heavy (non-hydrogen) atoms. The van der Waals surface area contributed by atoms with Gasteiger partial charge in [0.1, 0.15) is 6.20 Å². The molecule has 0 saturated carbocycles. The van der Waals surface area contributed by atoms with Gasteiger partial charge < -0.3 is 0 Å². The molecule has 0 amide bonds. The summed E-state index contributed by atoms with van der Waals surface area (Å²) in [7, 11) is 0. The van der Waals surface area contributed by atoms with E-state index < -0.39 is 4.92 Å². The summed E-state index contributed by atoms with van der Waals surface area (Å²) in [6.45, 7) is 0. The number of rotatable bonds is 2. The summed E-state index contributed by atoms with van der Waals surface area (Å²) in [5, 5.41) is 12.6. The summed E-state index contributed by atoms with van der Waals surface area (Å²) >= 11 is 1.48. The van der Waals surface area contributed by atoms with E-state index in [0.717, 1.165) is 4.88 Å². The van der Waals surface area contributed by atoms with E-state index in [4.69, 9.17) is 0 Å². The van der Waals surface area contributed by atoms with Crippen molar-refractivity contribution in [2.45, 2.75) is 0 Å². The zero-order chi connectivity index (χ0) is 9.97. The van der Waals surface area contributed by atoms with Gasteiger partial charge in [-0.25, -0.2) is 0 Å². The largest absolute Gasteiger partial charge is 0.296 e. The van der Waals surface area contributed by atoms with E-state index in [2.05, 4.69) is 4.98 Å². The Kier molecular flexibility index (Phi) is 2.24. The van der Waals surface area contributed by atoms with Crippen LogP contribution >= 0.6 is 11.3 Å². The summed E-state index contributed by atoms with van der Waals surface area (Å²) in [6, 6.07) is 5.38. The zero-order valence-corrected chi connectivity index (χ0v) is 7.90. The Hall–Kier alpha value is -1.75. The van der Waals surface area contributed by atoms with Crippen LogP contribution in [0.25, 0.3) is 10.4 Å². The summed E-state index contributed by atoms with van der Waals surface area (Å²) in [5.74, 6) is 0. The second kappa shape index (κ2) is 3.55. The summed E-state index contributed by atoms with van der Waals surface area (Å²) in [6.07, 6.45) is 2.83. The van der Waals surface area contributed by atoms with Crippen LogP contribution in [0.4, 0.5) is 5.69 Å². The van der Waals surface area contributed by atoms with Crippen LogP contribution in [-0.4, -0.2) is 9.91 Å². The van der Waals surface area contributed by atoms with Gasteiger partial charge in [-0.2, -0.15) is 0 Å². The lowest BCUT2D eigenvalue weighted by molar-refractivity contribution is -0.384. The van der Waals surface area contributed by atoms with E-state index in [-0.39, 0.29) is 5.69 Å². The van der Waals surface area contributed by atoms with Gasteiger partial charge in [0.2, 0.25) is 0 Å². The minimum absolute atomic E-state index is 0.0509. The molecule has 2 rings (SSSR count). The quantitative estimate of drug-likeness (QED) is 0.560. The van der Waals surface area contributed by atoms with E-state index in [9.17, 15) is 10.1 Å². The minimum Gasteiger partial charge on any atom is -0.258 e. The number of pyridine rings is 1. The van der Waals surface area contributed by atoms with Gasteiger partial charge in [0.05, 0.1) is 10.5 Å². The first-order valence-electron chi connectivity index (χ1n) is 3.91. The van der Waals surface area contributed by atoms with Crippen LogP contribution in [-0.2, 0) is 0 Å². The van der Waals surface area contributed by atoms with Crippen molar-refractivity contribution in [3.8, 4) is 10.4 Å². The molecule has 5 heteroatoms. The average molecular weight is 206 g/mol. The maximum atomic E-state index is 10.7. The summed E-state index contributed by atoms with van der Waals surface area (Å²) in [4.78, 5) is 14.9. The van der Waals surface area contributed by atoms with E-state index >= 15 is 0 Å². The van der Waals surface area contributed by atoms with Crippen LogP contribution in [0.3, 0.4) is 0 Å². The molecule has 0 bridgehead atoms. The highest BCUT2D eigenvalue weighted by atomic mass is 32.1. The predicted molar refractivity (Wildman–Crippen MR) is 54.2 cm³/mol. The molecule has 2 heterocycles. The highest BCUT2D eigenvalue weighted by Gasteiger charge is 2.14. The minimum atomic E-state index is -0.415. The third-order valence-corrected chi connectivity index (χ3v) is 2.69. The Morgan fingerprint density at radius 2 is 2.29 bits per heavy atom. The maximum absolute atomic E-state index is 10.7. The third kappa shape index (κ3) is 1.49. The van der Waals surface area contributed by atoms with Crippen molar-refractivity contribution in [2.75, 3.05) is 0 Å². The first-order chi connectivity index (χ1) is 6.79. The smallest absolute Gasteiger partial charge is 0.258 e. The number of aromatic nitrogens is 1. The molecular weight excluding hydrogens is 200 g/mol. The van der Waals surface area contributed by atoms with Crippen LogP contribution in [0.1, 0.15) is 0 Å². The summed E-state index contributed by atoms with van der Waals surface area (Å²) in [5.41, 5.74) is 0.676. The van der Waals surface area contributed by atoms with Gasteiger partial charge in [0.15, 0.2) is 0 Å². The molecule has 0 aliphatic rings. The zero-order valence-electron chi connectivity index (χ0n) is 7.08. The fourth-order valence-electron chi connectivity index (χ4n) is 1.17. The number of thiophene rings is 1. The first-order valence-corrected chi connectivity index (χ1v) is 4.79. The van der Waals surface area contributed by atoms with Crippen LogP contribution in [0.15, 0.2) is 36.0 Å². The van der Waals surface area contributed by atoms with Crippen molar-refractivity contribution < 1.29 is 4.92 Å². The van der Waals surface area contributed by atoms with Crippen LogP contribution in [0, 0.1) is 10.1 Å². The Balaban J connectivity index is 2.58. The molecule has 2 aromatic rings. The van der Waals surface area contributed by atoms with Crippen molar-refractivity contribution in [2.24, 2.45) is 0 Å². The van der Waals surface area contributed by atoms with Gasteiger partial charge in [-0.05, 0) is 17.5 Å². The fourth-order valence-corrected chi connectivity index (χ4v) is 1.93. The number of hydrogen-bond acceptors (Lipinski definition) is 4. The van der Waals surface area contributed by atoms with Crippen molar-refractivity contribution in [3.05, 3.63) is 46.1 Å². The van der Waals surface area contributed by atoms with Gasteiger partial charge in [-0.1, -0.05) is 6.07 Å². The van der Waals surface area contributed by atoms with Crippen LogP contribution in [0.5, 0.6) is 0 Å². The normalized spacial score (nSPS) is 10.0. The molecule has 0 atom stereocenters. The van der Waals surface area contributed by atoms with Crippen LogP contribution in [0.2, 0.25) is 0 Å². The number of nitro groups is 1. The molecule has 4 nitrogen and oxygen atoms in total. The summed E-state index contributed by atoms with van der Waals surface area (Å²) < 4.78 is 0. The van der Waals surface area contributed by atoms with Crippen molar-refractivity contribution in [3.63, 3.8) is 0 Å². The molecule has 0 aromatic carbocycles. The predicted octanol–water partition coefficient (Wildman–Crippen LogP) is 2.72. The lowest BCUT2D eigenvalue weighted by Gasteiger charge is -1.97. The topological polar surface area (TPSA) is 56.0 Å². The lowest BCUT2D eigenvalue weighted by Crippen LogP contribution is -1.91. The van der Waals surface area contributed by atoms with Gasteiger partial charge in [-0.3, -0.25) is 15.1 Å². The second-order valence-electron chi connectivity index (χ2n) is 2.63. The Morgan fingerprint density at radius 1 is 1.43 bits per heavy atom.